The number of rotatable bonds is 4. The van der Waals surface area contributed by atoms with Crippen LogP contribution in [-0.4, -0.2) is 54.9 Å². The summed E-state index contributed by atoms with van der Waals surface area (Å²) in [6.45, 7) is 0.868. The number of benzene rings is 1. The molecule has 1 N–H and O–H groups in total. The van der Waals surface area contributed by atoms with Crippen LogP contribution in [0.25, 0.3) is 0 Å². The predicted molar refractivity (Wildman–Crippen MR) is 65.3 cm³/mol. The number of nitrogens with zero attached hydrogens (tertiary/aromatic N) is 1. The van der Waals surface area contributed by atoms with Gasteiger partial charge in [-0.2, -0.15) is 0 Å². The number of carbonyl (C=O) groups excluding carboxylic acids is 1. The van der Waals surface area contributed by atoms with Gasteiger partial charge in [0.2, 0.25) is 0 Å². The summed E-state index contributed by atoms with van der Waals surface area (Å²) in [5, 5.41) is 9.17. The van der Waals surface area contributed by atoms with Crippen LogP contribution in [0.1, 0.15) is 0 Å². The highest BCUT2D eigenvalue weighted by atomic mass is 19.1. The monoisotopic (exact) mass is 269 g/mol. The highest BCUT2D eigenvalue weighted by Crippen LogP contribution is 2.13. The molecule has 5 nitrogen and oxygen atoms in total. The zero-order valence-electron chi connectivity index (χ0n) is 10.4. The van der Waals surface area contributed by atoms with Gasteiger partial charge >= 0.3 is 0 Å². The number of halogens is 1. The van der Waals surface area contributed by atoms with Gasteiger partial charge in [-0.05, 0) is 12.1 Å². The van der Waals surface area contributed by atoms with Crippen molar-refractivity contribution in [2.45, 2.75) is 6.04 Å². The van der Waals surface area contributed by atoms with Crippen LogP contribution >= 0.6 is 0 Å². The minimum Gasteiger partial charge on any atom is -0.484 e. The van der Waals surface area contributed by atoms with Crippen molar-refractivity contribution >= 4 is 5.91 Å². The first kappa shape index (κ1) is 13.8. The van der Waals surface area contributed by atoms with E-state index in [0.29, 0.717) is 25.5 Å². The number of hydrogen-bond donors (Lipinski definition) is 1. The lowest BCUT2D eigenvalue weighted by atomic mass is 10.2. The maximum Gasteiger partial charge on any atom is 0.260 e. The molecular weight excluding hydrogens is 253 g/mol. The topological polar surface area (TPSA) is 59.0 Å². The number of aliphatic hydroxyl groups excluding tert-OH is 1. The van der Waals surface area contributed by atoms with Crippen molar-refractivity contribution < 1.29 is 23.8 Å². The fraction of sp³-hybridized carbons (Fsp3) is 0.462. The summed E-state index contributed by atoms with van der Waals surface area (Å²) in [5.41, 5.74) is 0. The molecule has 19 heavy (non-hydrogen) atoms. The van der Waals surface area contributed by atoms with Gasteiger partial charge < -0.3 is 19.5 Å². The Balaban J connectivity index is 1.89. The van der Waals surface area contributed by atoms with Crippen molar-refractivity contribution in [2.75, 3.05) is 33.0 Å². The van der Waals surface area contributed by atoms with Crippen LogP contribution < -0.4 is 4.74 Å². The molecule has 1 heterocycles. The van der Waals surface area contributed by atoms with E-state index in [1.807, 2.05) is 0 Å². The second-order valence-corrected chi connectivity index (χ2v) is 4.24. The summed E-state index contributed by atoms with van der Waals surface area (Å²) >= 11 is 0. The summed E-state index contributed by atoms with van der Waals surface area (Å²) in [7, 11) is 0. The third-order valence-corrected chi connectivity index (χ3v) is 2.92. The van der Waals surface area contributed by atoms with Gasteiger partial charge in [0.25, 0.3) is 5.91 Å². The highest BCUT2D eigenvalue weighted by molar-refractivity contribution is 5.78. The molecule has 0 aliphatic carbocycles. The highest BCUT2D eigenvalue weighted by Gasteiger charge is 2.26. The van der Waals surface area contributed by atoms with Crippen molar-refractivity contribution in [2.24, 2.45) is 0 Å². The lowest BCUT2D eigenvalue weighted by Gasteiger charge is -2.34. The van der Waals surface area contributed by atoms with Gasteiger partial charge in [-0.3, -0.25) is 4.79 Å². The second-order valence-electron chi connectivity index (χ2n) is 4.24. The standard InChI is InChI=1S/C13H16FNO4/c14-10-2-1-3-12(6-10)19-9-13(17)15-4-5-18-8-11(15)7-16/h1-3,6,11,16H,4-5,7-9H2. The van der Waals surface area contributed by atoms with Crippen molar-refractivity contribution in [1.29, 1.82) is 0 Å². The van der Waals surface area contributed by atoms with Gasteiger partial charge in [0.15, 0.2) is 6.61 Å². The van der Waals surface area contributed by atoms with Crippen LogP contribution in [0, 0.1) is 5.82 Å². The molecule has 0 radical (unpaired) electrons. The van der Waals surface area contributed by atoms with Gasteiger partial charge in [-0.15, -0.1) is 0 Å². The van der Waals surface area contributed by atoms with Gasteiger partial charge in [0, 0.05) is 12.6 Å². The number of morpholine rings is 1. The molecule has 1 aromatic carbocycles. The number of hydrogen-bond acceptors (Lipinski definition) is 4. The van der Waals surface area contributed by atoms with E-state index in [4.69, 9.17) is 14.6 Å². The third kappa shape index (κ3) is 3.65. The molecular formula is C13H16FNO4. The van der Waals surface area contributed by atoms with Crippen molar-refractivity contribution in [1.82, 2.24) is 4.90 Å². The molecule has 1 aliphatic rings. The molecule has 0 saturated carbocycles. The van der Waals surface area contributed by atoms with Crippen molar-refractivity contribution in [3.63, 3.8) is 0 Å². The summed E-state index contributed by atoms with van der Waals surface area (Å²) < 4.78 is 23.4. The summed E-state index contributed by atoms with van der Waals surface area (Å²) in [6, 6.07) is 5.28. The largest absolute Gasteiger partial charge is 0.484 e. The van der Waals surface area contributed by atoms with Gasteiger partial charge in [0.05, 0.1) is 25.9 Å². The Bertz CT molecular complexity index is 440. The Morgan fingerprint density at radius 2 is 2.42 bits per heavy atom. The first-order valence-electron chi connectivity index (χ1n) is 6.07. The lowest BCUT2D eigenvalue weighted by molar-refractivity contribution is -0.143. The summed E-state index contributed by atoms with van der Waals surface area (Å²) in [6.07, 6.45) is 0. The molecule has 1 atom stereocenters. The maximum absolute atomic E-state index is 12.9. The lowest BCUT2D eigenvalue weighted by Crippen LogP contribution is -2.51. The van der Waals surface area contributed by atoms with Gasteiger partial charge in [-0.25, -0.2) is 4.39 Å². The average Bonchev–Trinajstić information content (AvgIpc) is 2.45. The zero-order chi connectivity index (χ0) is 13.7. The van der Waals surface area contributed by atoms with Crippen molar-refractivity contribution in [3.8, 4) is 5.75 Å². The quantitative estimate of drug-likeness (QED) is 0.861. The third-order valence-electron chi connectivity index (χ3n) is 2.92. The minimum absolute atomic E-state index is 0.147. The fourth-order valence-corrected chi connectivity index (χ4v) is 1.92. The molecule has 104 valence electrons. The zero-order valence-corrected chi connectivity index (χ0v) is 10.4. The molecule has 1 saturated heterocycles. The molecule has 2 rings (SSSR count). The number of ether oxygens (including phenoxy) is 2. The fourth-order valence-electron chi connectivity index (χ4n) is 1.92. The smallest absolute Gasteiger partial charge is 0.260 e. The van der Waals surface area contributed by atoms with E-state index in [1.165, 1.54) is 23.1 Å². The number of carbonyl (C=O) groups is 1. The second kappa shape index (κ2) is 6.49. The molecule has 0 aromatic heterocycles. The molecule has 1 unspecified atom stereocenters. The van der Waals surface area contributed by atoms with E-state index >= 15 is 0 Å². The normalized spacial score (nSPS) is 19.3. The van der Waals surface area contributed by atoms with Crippen LogP contribution in [0.5, 0.6) is 5.75 Å². The molecule has 1 amide bonds. The van der Waals surface area contributed by atoms with E-state index < -0.39 is 5.82 Å². The van der Waals surface area contributed by atoms with Crippen LogP contribution in [-0.2, 0) is 9.53 Å². The molecule has 0 bridgehead atoms. The SMILES string of the molecule is O=C(COc1cccc(F)c1)N1CCOCC1CO. The van der Waals surface area contributed by atoms with E-state index in [0.717, 1.165) is 0 Å². The Morgan fingerprint density at radius 3 is 3.16 bits per heavy atom. The van der Waals surface area contributed by atoms with E-state index in [9.17, 15) is 9.18 Å². The summed E-state index contributed by atoms with van der Waals surface area (Å²) in [4.78, 5) is 13.5. The van der Waals surface area contributed by atoms with E-state index in [2.05, 4.69) is 0 Å². The molecule has 1 fully saturated rings. The Kier molecular flexibility index (Phi) is 4.70. The van der Waals surface area contributed by atoms with Crippen LogP contribution in [0.2, 0.25) is 0 Å². The van der Waals surface area contributed by atoms with Crippen LogP contribution in [0.4, 0.5) is 4.39 Å². The van der Waals surface area contributed by atoms with E-state index in [-0.39, 0.29) is 25.2 Å². The average molecular weight is 269 g/mol. The van der Waals surface area contributed by atoms with Gasteiger partial charge in [-0.1, -0.05) is 6.07 Å². The van der Waals surface area contributed by atoms with Crippen LogP contribution in [0.15, 0.2) is 24.3 Å². The summed E-state index contributed by atoms with van der Waals surface area (Å²) in [5.74, 6) is -0.349. The number of amides is 1. The maximum atomic E-state index is 12.9. The first-order chi connectivity index (χ1) is 9.20. The van der Waals surface area contributed by atoms with Crippen molar-refractivity contribution in [3.05, 3.63) is 30.1 Å². The molecule has 1 aromatic rings. The van der Waals surface area contributed by atoms with E-state index in [1.54, 1.807) is 6.07 Å². The number of aliphatic hydroxyl groups is 1. The molecule has 1 aliphatic heterocycles. The Hall–Kier alpha value is -1.66. The molecule has 0 spiro atoms. The van der Waals surface area contributed by atoms with Crippen LogP contribution in [0.3, 0.4) is 0 Å². The predicted octanol–water partition coefficient (Wildman–Crippen LogP) is 0.424. The molecule has 6 heteroatoms. The van der Waals surface area contributed by atoms with Gasteiger partial charge in [0.1, 0.15) is 11.6 Å². The Labute approximate surface area is 110 Å². The minimum atomic E-state index is -0.412. The Morgan fingerprint density at radius 1 is 1.58 bits per heavy atom. The first-order valence-corrected chi connectivity index (χ1v) is 6.07.